The van der Waals surface area contributed by atoms with Gasteiger partial charge in [0.15, 0.2) is 0 Å². The number of nitrogens with one attached hydrogen (secondary N) is 2. The van der Waals surface area contributed by atoms with Crippen LogP contribution in [0.15, 0.2) is 48.5 Å². The van der Waals surface area contributed by atoms with E-state index in [1.54, 1.807) is 7.11 Å². The highest BCUT2D eigenvalue weighted by Crippen LogP contribution is 2.16. The first-order valence-corrected chi connectivity index (χ1v) is 7.90. The molecule has 1 amide bonds. The lowest BCUT2D eigenvalue weighted by atomic mass is 10.2. The Morgan fingerprint density at radius 3 is 2.57 bits per heavy atom. The van der Waals surface area contributed by atoms with Crippen LogP contribution in [0.25, 0.3) is 0 Å². The second kappa shape index (κ2) is 9.18. The van der Waals surface area contributed by atoms with Gasteiger partial charge < -0.3 is 15.4 Å². The summed E-state index contributed by atoms with van der Waals surface area (Å²) in [6.07, 6.45) is 0.433. The molecule has 0 fully saturated rings. The van der Waals surface area contributed by atoms with Crippen LogP contribution >= 0.6 is 11.6 Å². The molecule has 2 aromatic carbocycles. The summed E-state index contributed by atoms with van der Waals surface area (Å²) in [5, 5.41) is 6.87. The number of benzene rings is 2. The second-order valence-corrected chi connectivity index (χ2v) is 5.58. The van der Waals surface area contributed by atoms with Crippen LogP contribution in [0.4, 0.5) is 0 Å². The van der Waals surface area contributed by atoms with Gasteiger partial charge in [-0.15, -0.1) is 0 Å². The van der Waals surface area contributed by atoms with Crippen LogP contribution < -0.4 is 15.4 Å². The molecule has 2 rings (SSSR count). The van der Waals surface area contributed by atoms with E-state index in [0.29, 0.717) is 19.5 Å². The third-order valence-corrected chi connectivity index (χ3v) is 3.69. The van der Waals surface area contributed by atoms with Crippen molar-refractivity contribution in [2.75, 3.05) is 13.7 Å². The number of hydrogen-bond acceptors (Lipinski definition) is 3. The van der Waals surface area contributed by atoms with Gasteiger partial charge in [-0.1, -0.05) is 41.9 Å². The van der Waals surface area contributed by atoms with E-state index in [0.717, 1.165) is 28.4 Å². The molecule has 0 aliphatic heterocycles. The maximum atomic E-state index is 11.9. The summed E-state index contributed by atoms with van der Waals surface area (Å²) in [6.45, 7) is 1.82. The zero-order chi connectivity index (χ0) is 16.5. The lowest BCUT2D eigenvalue weighted by molar-refractivity contribution is -0.121. The van der Waals surface area contributed by atoms with Crippen molar-refractivity contribution < 1.29 is 9.53 Å². The standard InChI is InChI=1S/C18H21ClN2O2/c1-23-17-5-3-2-4-15(17)13-21-18(22)10-11-20-12-14-6-8-16(19)9-7-14/h2-9,20H,10-13H2,1H3,(H,21,22). The largest absolute Gasteiger partial charge is 0.496 e. The van der Waals surface area contributed by atoms with Gasteiger partial charge in [-0.25, -0.2) is 0 Å². The van der Waals surface area contributed by atoms with Crippen molar-refractivity contribution in [1.82, 2.24) is 10.6 Å². The van der Waals surface area contributed by atoms with Crippen LogP contribution in [0.1, 0.15) is 17.5 Å². The lowest BCUT2D eigenvalue weighted by Crippen LogP contribution is -2.27. The molecule has 0 aliphatic rings. The Hall–Kier alpha value is -2.04. The van der Waals surface area contributed by atoms with Crippen LogP contribution in [0.2, 0.25) is 5.02 Å². The highest BCUT2D eigenvalue weighted by atomic mass is 35.5. The third-order valence-electron chi connectivity index (χ3n) is 3.44. The van der Waals surface area contributed by atoms with E-state index in [-0.39, 0.29) is 5.91 Å². The Morgan fingerprint density at radius 2 is 1.83 bits per heavy atom. The smallest absolute Gasteiger partial charge is 0.221 e. The Bertz CT molecular complexity index is 629. The van der Waals surface area contributed by atoms with Gasteiger partial charge >= 0.3 is 0 Å². The van der Waals surface area contributed by atoms with E-state index in [1.807, 2.05) is 48.5 Å². The fourth-order valence-electron chi connectivity index (χ4n) is 2.17. The van der Waals surface area contributed by atoms with Crippen molar-refractivity contribution in [1.29, 1.82) is 0 Å². The van der Waals surface area contributed by atoms with E-state index < -0.39 is 0 Å². The molecule has 0 saturated heterocycles. The lowest BCUT2D eigenvalue weighted by Gasteiger charge is -2.10. The van der Waals surface area contributed by atoms with E-state index in [2.05, 4.69) is 10.6 Å². The van der Waals surface area contributed by atoms with Gasteiger partial charge in [0.1, 0.15) is 5.75 Å². The van der Waals surface area contributed by atoms with E-state index >= 15 is 0 Å². The maximum absolute atomic E-state index is 11.9. The minimum absolute atomic E-state index is 0.0134. The van der Waals surface area contributed by atoms with Crippen LogP contribution in [-0.4, -0.2) is 19.6 Å². The van der Waals surface area contributed by atoms with Crippen LogP contribution in [0.5, 0.6) is 5.75 Å². The van der Waals surface area contributed by atoms with Gasteiger partial charge in [0, 0.05) is 36.6 Å². The van der Waals surface area contributed by atoms with E-state index in [1.165, 1.54) is 0 Å². The molecule has 2 aromatic rings. The van der Waals surface area contributed by atoms with Gasteiger partial charge in [-0.05, 0) is 23.8 Å². The molecule has 0 aromatic heterocycles. The molecule has 0 unspecified atom stereocenters. The number of carbonyl (C=O) groups is 1. The Balaban J connectivity index is 1.66. The average Bonchev–Trinajstić information content (AvgIpc) is 2.58. The summed E-state index contributed by atoms with van der Waals surface area (Å²) in [6, 6.07) is 15.3. The molecule has 4 nitrogen and oxygen atoms in total. The van der Waals surface area contributed by atoms with E-state index in [9.17, 15) is 4.79 Å². The van der Waals surface area contributed by atoms with Gasteiger partial charge in [0.05, 0.1) is 7.11 Å². The van der Waals surface area contributed by atoms with Crippen LogP contribution in [0, 0.1) is 0 Å². The molecule has 23 heavy (non-hydrogen) atoms. The molecule has 0 atom stereocenters. The zero-order valence-electron chi connectivity index (χ0n) is 13.1. The van der Waals surface area contributed by atoms with Crippen LogP contribution in [0.3, 0.4) is 0 Å². The van der Waals surface area contributed by atoms with Crippen molar-refractivity contribution >= 4 is 17.5 Å². The number of methoxy groups -OCH3 is 1. The molecule has 0 saturated carbocycles. The van der Waals surface area contributed by atoms with Crippen molar-refractivity contribution in [3.05, 3.63) is 64.7 Å². The number of para-hydroxylation sites is 1. The number of ether oxygens (including phenoxy) is 1. The Labute approximate surface area is 141 Å². The third kappa shape index (κ3) is 5.93. The number of halogens is 1. The second-order valence-electron chi connectivity index (χ2n) is 5.14. The quantitative estimate of drug-likeness (QED) is 0.730. The SMILES string of the molecule is COc1ccccc1CNC(=O)CCNCc1ccc(Cl)cc1. The number of hydrogen-bond donors (Lipinski definition) is 2. The summed E-state index contributed by atoms with van der Waals surface area (Å²) >= 11 is 5.84. The van der Waals surface area contributed by atoms with Gasteiger partial charge in [-0.2, -0.15) is 0 Å². The van der Waals surface area contributed by atoms with Gasteiger partial charge in [0.25, 0.3) is 0 Å². The Kier molecular flexibility index (Phi) is 6.91. The minimum Gasteiger partial charge on any atom is -0.496 e. The highest BCUT2D eigenvalue weighted by Gasteiger charge is 2.04. The fraction of sp³-hybridized carbons (Fsp3) is 0.278. The number of carbonyl (C=O) groups excluding carboxylic acids is 1. The minimum atomic E-state index is 0.0134. The van der Waals surface area contributed by atoms with Crippen molar-refractivity contribution in [2.45, 2.75) is 19.5 Å². The predicted molar refractivity (Wildman–Crippen MR) is 92.6 cm³/mol. The molecule has 0 radical (unpaired) electrons. The first-order chi connectivity index (χ1) is 11.2. The molecule has 0 spiro atoms. The first kappa shape index (κ1) is 17.3. The van der Waals surface area contributed by atoms with Crippen molar-refractivity contribution in [3.63, 3.8) is 0 Å². The van der Waals surface area contributed by atoms with Gasteiger partial charge in [0.2, 0.25) is 5.91 Å². The monoisotopic (exact) mass is 332 g/mol. The predicted octanol–water partition coefficient (Wildman–Crippen LogP) is 3.14. The number of rotatable bonds is 8. The summed E-state index contributed by atoms with van der Waals surface area (Å²) in [5.41, 5.74) is 2.11. The van der Waals surface area contributed by atoms with E-state index in [4.69, 9.17) is 16.3 Å². The molecule has 0 heterocycles. The molecular formula is C18H21ClN2O2. The van der Waals surface area contributed by atoms with Crippen molar-refractivity contribution in [2.24, 2.45) is 0 Å². The molecule has 0 aliphatic carbocycles. The summed E-state index contributed by atoms with van der Waals surface area (Å²) in [4.78, 5) is 11.9. The molecule has 5 heteroatoms. The fourth-order valence-corrected chi connectivity index (χ4v) is 2.29. The summed E-state index contributed by atoms with van der Waals surface area (Å²) in [5.74, 6) is 0.799. The first-order valence-electron chi connectivity index (χ1n) is 7.53. The normalized spacial score (nSPS) is 10.3. The topological polar surface area (TPSA) is 50.4 Å². The van der Waals surface area contributed by atoms with Gasteiger partial charge in [-0.3, -0.25) is 4.79 Å². The highest BCUT2D eigenvalue weighted by molar-refractivity contribution is 6.30. The summed E-state index contributed by atoms with van der Waals surface area (Å²) < 4.78 is 5.26. The summed E-state index contributed by atoms with van der Waals surface area (Å²) in [7, 11) is 1.63. The molecule has 122 valence electrons. The average molecular weight is 333 g/mol. The molecule has 2 N–H and O–H groups in total. The maximum Gasteiger partial charge on any atom is 0.221 e. The van der Waals surface area contributed by atoms with Crippen LogP contribution in [-0.2, 0) is 17.9 Å². The van der Waals surface area contributed by atoms with Crippen molar-refractivity contribution in [3.8, 4) is 5.75 Å². The molecular weight excluding hydrogens is 312 g/mol. The molecule has 0 bridgehead atoms. The zero-order valence-corrected chi connectivity index (χ0v) is 13.9. The Morgan fingerprint density at radius 1 is 1.09 bits per heavy atom. The number of amides is 1.